The molecule has 0 N–H and O–H groups in total. The maximum Gasteiger partial charge on any atom is 0.0276 e. The van der Waals surface area contributed by atoms with Crippen LogP contribution in [0, 0.1) is 40.4 Å². The van der Waals surface area contributed by atoms with E-state index in [9.17, 15) is 0 Å². The Balaban J connectivity index is 1.62. The fourth-order valence-electron chi connectivity index (χ4n) is 8.00. The molecular formula is C23H37N. The molecule has 4 aliphatic rings. The fraction of sp³-hybridized carbons (Fsp3) is 0.870. The molecule has 0 radical (unpaired) electrons. The van der Waals surface area contributed by atoms with Crippen molar-refractivity contribution >= 4 is 5.71 Å². The largest absolute Gasteiger partial charge is 0.297 e. The maximum absolute atomic E-state index is 4.61. The van der Waals surface area contributed by atoms with Crippen LogP contribution in [-0.2, 0) is 0 Å². The molecule has 4 fully saturated rings. The van der Waals surface area contributed by atoms with Crippen molar-refractivity contribution in [1.82, 2.24) is 0 Å². The van der Waals surface area contributed by atoms with Crippen LogP contribution < -0.4 is 0 Å². The van der Waals surface area contributed by atoms with Gasteiger partial charge in [0.25, 0.3) is 0 Å². The second-order valence-corrected chi connectivity index (χ2v) is 10.2. The quantitative estimate of drug-likeness (QED) is 0.396. The van der Waals surface area contributed by atoms with Gasteiger partial charge in [-0.1, -0.05) is 26.0 Å². The third-order valence-corrected chi connectivity index (χ3v) is 9.47. The van der Waals surface area contributed by atoms with E-state index in [2.05, 4.69) is 32.3 Å². The number of rotatable bonds is 1. The number of aliphatic imine (C=N–C) groups is 1. The summed E-state index contributed by atoms with van der Waals surface area (Å²) in [7, 11) is 2.00. The molecule has 7 atom stereocenters. The smallest absolute Gasteiger partial charge is 0.0276 e. The van der Waals surface area contributed by atoms with Crippen molar-refractivity contribution in [2.24, 2.45) is 45.4 Å². The van der Waals surface area contributed by atoms with E-state index in [1.165, 1.54) is 69.1 Å². The van der Waals surface area contributed by atoms with E-state index < -0.39 is 0 Å². The van der Waals surface area contributed by atoms with Crippen LogP contribution in [0.25, 0.3) is 0 Å². The van der Waals surface area contributed by atoms with E-state index in [4.69, 9.17) is 0 Å². The SMILES string of the molecule is C=C1CCC2(C)C(CCC3C4CCC(/C(C)=N/C)C4(C)CC[C@@H]32)C1. The summed E-state index contributed by atoms with van der Waals surface area (Å²) in [5, 5.41) is 0. The number of nitrogens with zero attached hydrogens (tertiary/aromatic N) is 1. The number of allylic oxidation sites excluding steroid dienone is 1. The van der Waals surface area contributed by atoms with Crippen molar-refractivity contribution in [3.63, 3.8) is 0 Å². The zero-order valence-electron chi connectivity index (χ0n) is 16.4. The predicted molar refractivity (Wildman–Crippen MR) is 103 cm³/mol. The summed E-state index contributed by atoms with van der Waals surface area (Å²) in [4.78, 5) is 4.61. The Morgan fingerprint density at radius 1 is 1.00 bits per heavy atom. The lowest BCUT2D eigenvalue weighted by molar-refractivity contribution is -0.100. The zero-order valence-corrected chi connectivity index (χ0v) is 16.4. The van der Waals surface area contributed by atoms with Gasteiger partial charge in [0.1, 0.15) is 0 Å². The van der Waals surface area contributed by atoms with Gasteiger partial charge in [0.2, 0.25) is 0 Å². The van der Waals surface area contributed by atoms with E-state index in [1.54, 1.807) is 0 Å². The molecule has 0 aliphatic heterocycles. The van der Waals surface area contributed by atoms with Crippen molar-refractivity contribution < 1.29 is 0 Å². The molecule has 0 saturated heterocycles. The van der Waals surface area contributed by atoms with Crippen LogP contribution in [0.15, 0.2) is 17.1 Å². The summed E-state index contributed by atoms with van der Waals surface area (Å²) in [6.07, 6.45) is 12.8. The average molecular weight is 328 g/mol. The van der Waals surface area contributed by atoms with Gasteiger partial charge in [-0.25, -0.2) is 0 Å². The molecule has 0 aromatic carbocycles. The van der Waals surface area contributed by atoms with Crippen LogP contribution in [0.2, 0.25) is 0 Å². The molecule has 0 amide bonds. The Morgan fingerprint density at radius 2 is 1.75 bits per heavy atom. The Labute approximate surface area is 149 Å². The molecule has 0 aromatic heterocycles. The Kier molecular flexibility index (Phi) is 4.01. The monoisotopic (exact) mass is 327 g/mol. The molecule has 4 aliphatic carbocycles. The first-order valence-electron chi connectivity index (χ1n) is 10.5. The van der Waals surface area contributed by atoms with Crippen LogP contribution in [0.4, 0.5) is 0 Å². The van der Waals surface area contributed by atoms with E-state index in [1.807, 2.05) is 7.05 Å². The highest BCUT2D eigenvalue weighted by molar-refractivity contribution is 5.85. The van der Waals surface area contributed by atoms with Crippen molar-refractivity contribution in [3.8, 4) is 0 Å². The molecule has 1 nitrogen and oxygen atoms in total. The second-order valence-electron chi connectivity index (χ2n) is 10.2. The summed E-state index contributed by atoms with van der Waals surface area (Å²) >= 11 is 0. The summed E-state index contributed by atoms with van der Waals surface area (Å²) in [5.41, 5.74) is 4.10. The number of hydrogen-bond acceptors (Lipinski definition) is 1. The minimum atomic E-state index is 0.534. The van der Waals surface area contributed by atoms with Crippen LogP contribution in [0.5, 0.6) is 0 Å². The molecule has 0 spiro atoms. The molecule has 0 heterocycles. The first kappa shape index (κ1) is 16.9. The van der Waals surface area contributed by atoms with Crippen LogP contribution in [0.1, 0.15) is 78.6 Å². The Morgan fingerprint density at radius 3 is 2.50 bits per heavy atom. The molecule has 4 rings (SSSR count). The van der Waals surface area contributed by atoms with Gasteiger partial charge < -0.3 is 0 Å². The van der Waals surface area contributed by atoms with Gasteiger partial charge in [-0.15, -0.1) is 0 Å². The predicted octanol–water partition coefficient (Wildman–Crippen LogP) is 6.29. The van der Waals surface area contributed by atoms with Crippen molar-refractivity contribution in [1.29, 1.82) is 0 Å². The third kappa shape index (κ3) is 2.22. The standard InChI is InChI=1S/C23H37N/c1-15-10-12-22(3)17(14-15)6-7-18-20-9-8-19(16(2)24-5)23(20,4)13-11-21(18)22/h17-21H,1,6-14H2,2-5H3/b24-16+/t17?,18?,19?,20?,21-,22?,23?/m0/s1. The summed E-state index contributed by atoms with van der Waals surface area (Å²) in [6.45, 7) is 11.9. The van der Waals surface area contributed by atoms with Gasteiger partial charge in [-0.2, -0.15) is 0 Å². The lowest BCUT2D eigenvalue weighted by Gasteiger charge is -2.60. The van der Waals surface area contributed by atoms with Gasteiger partial charge in [-0.05, 0) is 99.2 Å². The Hall–Kier alpha value is -0.590. The molecule has 1 heteroatoms. The average Bonchev–Trinajstić information content (AvgIpc) is 2.92. The van der Waals surface area contributed by atoms with E-state index in [0.29, 0.717) is 10.8 Å². The minimum Gasteiger partial charge on any atom is -0.297 e. The van der Waals surface area contributed by atoms with E-state index >= 15 is 0 Å². The highest BCUT2D eigenvalue weighted by Crippen LogP contribution is 2.67. The highest BCUT2D eigenvalue weighted by Gasteiger charge is 2.60. The first-order chi connectivity index (χ1) is 11.4. The lowest BCUT2D eigenvalue weighted by Crippen LogP contribution is -2.53. The van der Waals surface area contributed by atoms with Crippen LogP contribution in [-0.4, -0.2) is 12.8 Å². The van der Waals surface area contributed by atoms with Gasteiger partial charge in [0.05, 0.1) is 0 Å². The van der Waals surface area contributed by atoms with Crippen molar-refractivity contribution in [2.45, 2.75) is 78.6 Å². The normalized spacial score (nSPS) is 51.8. The van der Waals surface area contributed by atoms with Gasteiger partial charge in [0.15, 0.2) is 0 Å². The minimum absolute atomic E-state index is 0.534. The van der Waals surface area contributed by atoms with Crippen LogP contribution in [0.3, 0.4) is 0 Å². The molecule has 6 unspecified atom stereocenters. The zero-order chi connectivity index (χ0) is 17.1. The van der Waals surface area contributed by atoms with Gasteiger partial charge in [0, 0.05) is 18.7 Å². The van der Waals surface area contributed by atoms with E-state index in [0.717, 1.165) is 29.6 Å². The molecular weight excluding hydrogens is 290 g/mol. The topological polar surface area (TPSA) is 12.4 Å². The van der Waals surface area contributed by atoms with E-state index in [-0.39, 0.29) is 0 Å². The summed E-state index contributed by atoms with van der Waals surface area (Å²) in [6, 6.07) is 0. The molecule has 0 aromatic rings. The molecule has 4 saturated carbocycles. The third-order valence-electron chi connectivity index (χ3n) is 9.47. The number of hydrogen-bond donors (Lipinski definition) is 0. The fourth-order valence-corrected chi connectivity index (χ4v) is 8.00. The van der Waals surface area contributed by atoms with Gasteiger partial charge >= 0.3 is 0 Å². The first-order valence-corrected chi connectivity index (χ1v) is 10.5. The lowest BCUT2D eigenvalue weighted by atomic mass is 9.44. The molecule has 134 valence electrons. The van der Waals surface area contributed by atoms with Crippen molar-refractivity contribution in [3.05, 3.63) is 12.2 Å². The van der Waals surface area contributed by atoms with Crippen molar-refractivity contribution in [2.75, 3.05) is 7.05 Å². The number of fused-ring (bicyclic) bond motifs is 5. The molecule has 0 bridgehead atoms. The summed E-state index contributed by atoms with van der Waals surface area (Å²) < 4.78 is 0. The summed E-state index contributed by atoms with van der Waals surface area (Å²) in [5.74, 6) is 4.62. The maximum atomic E-state index is 4.61. The Bertz CT molecular complexity index is 560. The highest BCUT2D eigenvalue weighted by atomic mass is 14.7. The molecule has 24 heavy (non-hydrogen) atoms. The second kappa shape index (κ2) is 5.71. The van der Waals surface area contributed by atoms with Crippen LogP contribution >= 0.6 is 0 Å². The van der Waals surface area contributed by atoms with Gasteiger partial charge in [-0.3, -0.25) is 4.99 Å².